The van der Waals surface area contributed by atoms with Crippen molar-refractivity contribution in [1.29, 1.82) is 0 Å². The van der Waals surface area contributed by atoms with Gasteiger partial charge in [-0.1, -0.05) is 29.3 Å². The minimum absolute atomic E-state index is 0.102. The Morgan fingerprint density at radius 1 is 1.67 bits per heavy atom. The molecule has 5 heteroatoms. The monoisotopic (exact) mass is 240 g/mol. The minimum atomic E-state index is -0.102. The number of thioether (sulfide) groups is 1. The van der Waals surface area contributed by atoms with Crippen molar-refractivity contribution in [3.8, 4) is 12.3 Å². The molecule has 3 nitrogen and oxygen atoms in total. The zero-order valence-corrected chi connectivity index (χ0v) is 9.44. The van der Waals surface area contributed by atoms with E-state index in [1.807, 2.05) is 0 Å². The number of aromatic nitrogens is 1. The van der Waals surface area contributed by atoms with E-state index < -0.39 is 0 Å². The molecule has 1 N–H and O–H groups in total. The van der Waals surface area contributed by atoms with E-state index in [1.165, 1.54) is 11.8 Å². The number of terminal acetylenes is 1. The van der Waals surface area contributed by atoms with Gasteiger partial charge in [-0.25, -0.2) is 4.98 Å². The Morgan fingerprint density at radius 3 is 3.07 bits per heavy atom. The third-order valence-corrected chi connectivity index (χ3v) is 2.61. The third-order valence-electron chi connectivity index (χ3n) is 1.44. The van der Waals surface area contributed by atoms with E-state index >= 15 is 0 Å². The molecule has 0 spiro atoms. The number of nitrogens with zero attached hydrogens (tertiary/aromatic N) is 1. The number of carbonyl (C=O) groups is 1. The van der Waals surface area contributed by atoms with Crippen LogP contribution in [0.3, 0.4) is 0 Å². The lowest BCUT2D eigenvalue weighted by molar-refractivity contribution is -0.118. The third kappa shape index (κ3) is 4.73. The normalized spacial score (nSPS) is 9.33. The molecule has 0 atom stereocenters. The van der Waals surface area contributed by atoms with E-state index in [-0.39, 0.29) is 12.5 Å². The van der Waals surface area contributed by atoms with E-state index in [2.05, 4.69) is 16.2 Å². The van der Waals surface area contributed by atoms with Gasteiger partial charge in [-0.05, 0) is 12.1 Å². The highest BCUT2D eigenvalue weighted by atomic mass is 35.5. The summed E-state index contributed by atoms with van der Waals surface area (Å²) in [6.45, 7) is 0.257. The van der Waals surface area contributed by atoms with Gasteiger partial charge >= 0.3 is 0 Å². The number of carbonyl (C=O) groups excluding carboxylic acids is 1. The average Bonchev–Trinajstić information content (AvgIpc) is 2.25. The highest BCUT2D eigenvalue weighted by Gasteiger charge is 2.02. The Morgan fingerprint density at radius 2 is 2.47 bits per heavy atom. The number of hydrogen-bond acceptors (Lipinski definition) is 3. The number of rotatable bonds is 4. The van der Waals surface area contributed by atoms with Gasteiger partial charge in [-0.2, -0.15) is 0 Å². The molecule has 1 aromatic heterocycles. The van der Waals surface area contributed by atoms with Crippen LogP contribution in [0.2, 0.25) is 5.02 Å². The fourth-order valence-electron chi connectivity index (χ4n) is 0.788. The summed E-state index contributed by atoms with van der Waals surface area (Å²) < 4.78 is 0. The summed E-state index contributed by atoms with van der Waals surface area (Å²) in [6, 6.07) is 3.50. The second kappa shape index (κ2) is 6.33. The standard InChI is InChI=1S/C10H9ClN2OS/c1-2-5-12-9(14)7-15-10-4-3-8(11)6-13-10/h1,3-4,6H,5,7H2,(H,12,14). The summed E-state index contributed by atoms with van der Waals surface area (Å²) in [6.07, 6.45) is 6.55. The molecule has 1 aromatic rings. The molecule has 0 unspecified atom stereocenters. The van der Waals surface area contributed by atoms with Gasteiger partial charge in [-0.3, -0.25) is 4.79 Å². The first-order chi connectivity index (χ1) is 7.22. The van der Waals surface area contributed by atoms with E-state index in [9.17, 15) is 4.79 Å². The summed E-state index contributed by atoms with van der Waals surface area (Å²) in [5, 5.41) is 3.90. The lowest BCUT2D eigenvalue weighted by Crippen LogP contribution is -2.25. The molecule has 0 radical (unpaired) electrons. The van der Waals surface area contributed by atoms with Gasteiger partial charge in [0.1, 0.15) is 0 Å². The molecule has 0 bridgehead atoms. The first-order valence-electron chi connectivity index (χ1n) is 4.17. The second-order valence-corrected chi connectivity index (χ2v) is 4.02. The molecular formula is C10H9ClN2OS. The first kappa shape index (κ1) is 11.9. The smallest absolute Gasteiger partial charge is 0.231 e. The number of halogens is 1. The van der Waals surface area contributed by atoms with Crippen molar-refractivity contribution in [2.24, 2.45) is 0 Å². The highest BCUT2D eigenvalue weighted by Crippen LogP contribution is 2.16. The van der Waals surface area contributed by atoms with Crippen LogP contribution in [0.1, 0.15) is 0 Å². The Bertz CT molecular complexity index is 372. The van der Waals surface area contributed by atoms with Crippen molar-refractivity contribution in [3.63, 3.8) is 0 Å². The van der Waals surface area contributed by atoms with Crippen LogP contribution < -0.4 is 5.32 Å². The molecule has 0 aliphatic carbocycles. The fraction of sp³-hybridized carbons (Fsp3) is 0.200. The molecule has 0 aliphatic heterocycles. The summed E-state index contributed by atoms with van der Waals surface area (Å²) in [5.41, 5.74) is 0. The molecule has 0 fully saturated rings. The van der Waals surface area contributed by atoms with Crippen LogP contribution in [0, 0.1) is 12.3 Å². The summed E-state index contributed by atoms with van der Waals surface area (Å²) in [4.78, 5) is 15.2. The number of amides is 1. The van der Waals surface area contributed by atoms with Gasteiger partial charge < -0.3 is 5.32 Å². The number of hydrogen-bond donors (Lipinski definition) is 1. The molecule has 78 valence electrons. The predicted octanol–water partition coefficient (Wildman–Crippen LogP) is 1.58. The Labute approximate surface area is 97.6 Å². The van der Waals surface area contributed by atoms with Gasteiger partial charge in [0.25, 0.3) is 0 Å². The molecule has 0 saturated heterocycles. The van der Waals surface area contributed by atoms with Gasteiger partial charge in [0.05, 0.1) is 22.3 Å². The largest absolute Gasteiger partial charge is 0.344 e. The second-order valence-electron chi connectivity index (χ2n) is 2.58. The maximum atomic E-state index is 11.2. The molecule has 15 heavy (non-hydrogen) atoms. The molecule has 1 heterocycles. The maximum absolute atomic E-state index is 11.2. The van der Waals surface area contributed by atoms with Crippen molar-refractivity contribution < 1.29 is 4.79 Å². The maximum Gasteiger partial charge on any atom is 0.231 e. The Balaban J connectivity index is 2.34. The predicted molar refractivity (Wildman–Crippen MR) is 61.8 cm³/mol. The molecule has 0 saturated carbocycles. The molecule has 0 aromatic carbocycles. The summed E-state index contributed by atoms with van der Waals surface area (Å²) in [5.74, 6) is 2.53. The van der Waals surface area contributed by atoms with Crippen LogP contribution in [-0.2, 0) is 4.79 Å². The van der Waals surface area contributed by atoms with E-state index in [0.717, 1.165) is 5.03 Å². The van der Waals surface area contributed by atoms with Gasteiger partial charge in [-0.15, -0.1) is 6.42 Å². The van der Waals surface area contributed by atoms with E-state index in [1.54, 1.807) is 18.3 Å². The minimum Gasteiger partial charge on any atom is -0.344 e. The van der Waals surface area contributed by atoms with Crippen LogP contribution >= 0.6 is 23.4 Å². The van der Waals surface area contributed by atoms with Crippen LogP contribution in [0.5, 0.6) is 0 Å². The zero-order valence-electron chi connectivity index (χ0n) is 7.87. The van der Waals surface area contributed by atoms with Crippen LogP contribution in [0.4, 0.5) is 0 Å². The Kier molecular flexibility index (Phi) is 5.02. The van der Waals surface area contributed by atoms with Gasteiger partial charge in [0, 0.05) is 6.20 Å². The van der Waals surface area contributed by atoms with Gasteiger partial charge in [0.15, 0.2) is 0 Å². The highest BCUT2D eigenvalue weighted by molar-refractivity contribution is 7.99. The van der Waals surface area contributed by atoms with E-state index in [0.29, 0.717) is 10.8 Å². The summed E-state index contributed by atoms with van der Waals surface area (Å²) >= 11 is 7.01. The SMILES string of the molecule is C#CCNC(=O)CSc1ccc(Cl)cn1. The molecule has 1 amide bonds. The first-order valence-corrected chi connectivity index (χ1v) is 5.53. The van der Waals surface area contributed by atoms with Crippen molar-refractivity contribution >= 4 is 29.3 Å². The van der Waals surface area contributed by atoms with Crippen LogP contribution in [-0.4, -0.2) is 23.2 Å². The number of pyridine rings is 1. The Hall–Kier alpha value is -1.18. The molecule has 1 rings (SSSR count). The zero-order chi connectivity index (χ0) is 11.1. The van der Waals surface area contributed by atoms with Crippen molar-refractivity contribution in [3.05, 3.63) is 23.4 Å². The van der Waals surface area contributed by atoms with Crippen molar-refractivity contribution in [2.75, 3.05) is 12.3 Å². The summed E-state index contributed by atoms with van der Waals surface area (Å²) in [7, 11) is 0. The fourth-order valence-corrected chi connectivity index (χ4v) is 1.57. The average molecular weight is 241 g/mol. The van der Waals surface area contributed by atoms with Crippen LogP contribution in [0.25, 0.3) is 0 Å². The van der Waals surface area contributed by atoms with Crippen molar-refractivity contribution in [2.45, 2.75) is 5.03 Å². The quantitative estimate of drug-likeness (QED) is 0.642. The molecule has 0 aliphatic rings. The topological polar surface area (TPSA) is 42.0 Å². The van der Waals surface area contributed by atoms with Gasteiger partial charge in [0.2, 0.25) is 5.91 Å². The molecular weight excluding hydrogens is 232 g/mol. The van der Waals surface area contributed by atoms with E-state index in [4.69, 9.17) is 18.0 Å². The number of nitrogens with one attached hydrogen (secondary N) is 1. The lowest BCUT2D eigenvalue weighted by atomic mass is 10.5. The van der Waals surface area contributed by atoms with Crippen LogP contribution in [0.15, 0.2) is 23.4 Å². The van der Waals surface area contributed by atoms with Crippen molar-refractivity contribution in [1.82, 2.24) is 10.3 Å². The lowest BCUT2D eigenvalue weighted by Gasteiger charge is -2.01.